The Hall–Kier alpha value is -1.75. The van der Waals surface area contributed by atoms with E-state index in [1.54, 1.807) is 5.38 Å². The van der Waals surface area contributed by atoms with Gasteiger partial charge in [-0.25, -0.2) is 9.37 Å². The summed E-state index contributed by atoms with van der Waals surface area (Å²) in [5, 5.41) is 1.93. The number of anilines is 1. The van der Waals surface area contributed by atoms with E-state index in [1.807, 2.05) is 0 Å². The average molecular weight is 222 g/mol. The highest BCUT2D eigenvalue weighted by Crippen LogP contribution is 2.15. The predicted molar refractivity (Wildman–Crippen MR) is 56.4 cm³/mol. The Morgan fingerprint density at radius 1 is 1.33 bits per heavy atom. The Bertz CT molecular complexity index is 492. The number of nitrogen functional groups attached to an aromatic ring is 1. The molecular weight excluding hydrogens is 215 g/mol. The van der Waals surface area contributed by atoms with Crippen LogP contribution in [0.4, 0.5) is 9.52 Å². The third-order valence-electron chi connectivity index (χ3n) is 1.86. The van der Waals surface area contributed by atoms with E-state index in [9.17, 15) is 9.18 Å². The zero-order chi connectivity index (χ0) is 10.8. The van der Waals surface area contributed by atoms with Gasteiger partial charge in [-0.05, 0) is 24.3 Å². The average Bonchev–Trinajstić information content (AvgIpc) is 2.65. The summed E-state index contributed by atoms with van der Waals surface area (Å²) < 4.78 is 12.6. The van der Waals surface area contributed by atoms with Crippen LogP contribution >= 0.6 is 11.3 Å². The number of carbonyl (C=O) groups is 1. The second-order valence-corrected chi connectivity index (χ2v) is 3.80. The van der Waals surface area contributed by atoms with Crippen LogP contribution in [0.5, 0.6) is 0 Å². The molecule has 0 aliphatic rings. The molecule has 0 saturated heterocycles. The van der Waals surface area contributed by atoms with E-state index < -0.39 is 0 Å². The fraction of sp³-hybridized carbons (Fsp3) is 0. The summed E-state index contributed by atoms with van der Waals surface area (Å²) >= 11 is 1.20. The SMILES string of the molecule is Nc1nc(C(=O)c2ccc(F)cc2)cs1. The number of carbonyl (C=O) groups excluding carboxylic acids is 1. The smallest absolute Gasteiger partial charge is 0.212 e. The monoisotopic (exact) mass is 222 g/mol. The van der Waals surface area contributed by atoms with Crippen molar-refractivity contribution in [3.05, 3.63) is 46.7 Å². The van der Waals surface area contributed by atoms with Crippen molar-refractivity contribution in [2.45, 2.75) is 0 Å². The van der Waals surface area contributed by atoms with Gasteiger partial charge in [0, 0.05) is 10.9 Å². The number of nitrogens with two attached hydrogens (primary N) is 1. The largest absolute Gasteiger partial charge is 0.375 e. The summed E-state index contributed by atoms with van der Waals surface area (Å²) in [6.07, 6.45) is 0. The van der Waals surface area contributed by atoms with Gasteiger partial charge in [0.25, 0.3) is 0 Å². The van der Waals surface area contributed by atoms with Crippen LogP contribution in [0.15, 0.2) is 29.6 Å². The number of benzene rings is 1. The van der Waals surface area contributed by atoms with Gasteiger partial charge in [0.05, 0.1) is 0 Å². The van der Waals surface area contributed by atoms with E-state index in [0.717, 1.165) is 0 Å². The first-order valence-electron chi connectivity index (χ1n) is 4.18. The first kappa shape index (κ1) is 9.79. The van der Waals surface area contributed by atoms with Gasteiger partial charge in [0.1, 0.15) is 11.5 Å². The number of thiazole rings is 1. The fourth-order valence-electron chi connectivity index (χ4n) is 1.14. The predicted octanol–water partition coefficient (Wildman–Crippen LogP) is 2.10. The molecule has 2 aromatic rings. The molecule has 0 amide bonds. The summed E-state index contributed by atoms with van der Waals surface area (Å²) in [5.74, 6) is -0.618. The number of rotatable bonds is 2. The molecule has 1 aromatic heterocycles. The molecule has 0 spiro atoms. The molecule has 0 unspecified atom stereocenters. The molecule has 0 radical (unpaired) electrons. The molecule has 1 heterocycles. The molecule has 0 atom stereocenters. The van der Waals surface area contributed by atoms with Crippen molar-refractivity contribution in [1.29, 1.82) is 0 Å². The van der Waals surface area contributed by atoms with Crippen molar-refractivity contribution >= 4 is 22.3 Å². The standard InChI is InChI=1S/C10H7FN2OS/c11-7-3-1-6(2-4-7)9(14)8-5-15-10(12)13-8/h1-5H,(H2,12,13). The van der Waals surface area contributed by atoms with E-state index in [2.05, 4.69) is 4.98 Å². The Morgan fingerprint density at radius 3 is 2.53 bits per heavy atom. The first-order valence-corrected chi connectivity index (χ1v) is 5.06. The Kier molecular flexibility index (Phi) is 2.47. The second kappa shape index (κ2) is 3.78. The van der Waals surface area contributed by atoms with Gasteiger partial charge >= 0.3 is 0 Å². The maximum atomic E-state index is 12.6. The molecule has 2 rings (SSSR count). The summed E-state index contributed by atoms with van der Waals surface area (Å²) in [6, 6.07) is 5.33. The Morgan fingerprint density at radius 2 is 2.00 bits per heavy atom. The van der Waals surface area contributed by atoms with Crippen LogP contribution in [0.1, 0.15) is 16.1 Å². The lowest BCUT2D eigenvalue weighted by Crippen LogP contribution is -2.01. The molecule has 0 bridgehead atoms. The van der Waals surface area contributed by atoms with Gasteiger partial charge in [0.2, 0.25) is 5.78 Å². The number of aromatic nitrogens is 1. The minimum atomic E-state index is -0.371. The highest BCUT2D eigenvalue weighted by molar-refractivity contribution is 7.13. The molecular formula is C10H7FN2OS. The van der Waals surface area contributed by atoms with Crippen LogP contribution in [0.3, 0.4) is 0 Å². The maximum Gasteiger partial charge on any atom is 0.212 e. The lowest BCUT2D eigenvalue weighted by molar-refractivity contribution is 0.103. The summed E-state index contributed by atoms with van der Waals surface area (Å²) in [5.41, 5.74) is 6.11. The molecule has 0 aliphatic heterocycles. The topological polar surface area (TPSA) is 56.0 Å². The highest BCUT2D eigenvalue weighted by atomic mass is 32.1. The zero-order valence-electron chi connectivity index (χ0n) is 7.61. The van der Waals surface area contributed by atoms with Crippen LogP contribution in [0.2, 0.25) is 0 Å². The van der Waals surface area contributed by atoms with Crippen molar-refractivity contribution in [2.24, 2.45) is 0 Å². The molecule has 0 aliphatic carbocycles. The first-order chi connectivity index (χ1) is 7.16. The van der Waals surface area contributed by atoms with Crippen LogP contribution in [-0.4, -0.2) is 10.8 Å². The van der Waals surface area contributed by atoms with Crippen LogP contribution in [0, 0.1) is 5.82 Å². The molecule has 3 nitrogen and oxygen atoms in total. The van der Waals surface area contributed by atoms with Crippen molar-refractivity contribution in [3.8, 4) is 0 Å². The third-order valence-corrected chi connectivity index (χ3v) is 2.53. The molecule has 15 heavy (non-hydrogen) atoms. The number of nitrogens with zero attached hydrogens (tertiary/aromatic N) is 1. The minimum absolute atomic E-state index is 0.247. The van der Waals surface area contributed by atoms with E-state index in [0.29, 0.717) is 16.4 Å². The molecule has 76 valence electrons. The number of ketones is 1. The molecule has 2 N–H and O–H groups in total. The summed E-state index contributed by atoms with van der Waals surface area (Å²) in [4.78, 5) is 15.6. The number of halogens is 1. The maximum absolute atomic E-state index is 12.6. The third kappa shape index (κ3) is 2.02. The zero-order valence-corrected chi connectivity index (χ0v) is 8.42. The molecule has 1 aromatic carbocycles. The van der Waals surface area contributed by atoms with Crippen molar-refractivity contribution in [1.82, 2.24) is 4.98 Å². The van der Waals surface area contributed by atoms with Crippen LogP contribution in [0.25, 0.3) is 0 Å². The highest BCUT2D eigenvalue weighted by Gasteiger charge is 2.11. The van der Waals surface area contributed by atoms with Crippen molar-refractivity contribution in [2.75, 3.05) is 5.73 Å². The molecule has 0 fully saturated rings. The minimum Gasteiger partial charge on any atom is -0.375 e. The Balaban J connectivity index is 2.32. The lowest BCUT2D eigenvalue weighted by atomic mass is 10.1. The van der Waals surface area contributed by atoms with Crippen LogP contribution in [-0.2, 0) is 0 Å². The number of hydrogen-bond acceptors (Lipinski definition) is 4. The van der Waals surface area contributed by atoms with Gasteiger partial charge in [0.15, 0.2) is 5.13 Å². The van der Waals surface area contributed by atoms with E-state index >= 15 is 0 Å². The van der Waals surface area contributed by atoms with Crippen molar-refractivity contribution < 1.29 is 9.18 Å². The van der Waals surface area contributed by atoms with Gasteiger partial charge in [-0.1, -0.05) is 0 Å². The van der Waals surface area contributed by atoms with Crippen LogP contribution < -0.4 is 5.73 Å². The molecule has 0 saturated carbocycles. The number of hydrogen-bond donors (Lipinski definition) is 1. The van der Waals surface area contributed by atoms with Gasteiger partial charge in [-0.15, -0.1) is 11.3 Å². The van der Waals surface area contributed by atoms with E-state index in [4.69, 9.17) is 5.73 Å². The quantitative estimate of drug-likeness (QED) is 0.791. The van der Waals surface area contributed by atoms with Gasteiger partial charge < -0.3 is 5.73 Å². The summed E-state index contributed by atoms with van der Waals surface area (Å²) in [6.45, 7) is 0. The van der Waals surface area contributed by atoms with E-state index in [1.165, 1.54) is 35.6 Å². The van der Waals surface area contributed by atoms with Gasteiger partial charge in [-0.2, -0.15) is 0 Å². The molecule has 5 heteroatoms. The Labute approximate surface area is 89.4 Å². The van der Waals surface area contributed by atoms with Crippen molar-refractivity contribution in [3.63, 3.8) is 0 Å². The fourth-order valence-corrected chi connectivity index (χ4v) is 1.68. The summed E-state index contributed by atoms with van der Waals surface area (Å²) in [7, 11) is 0. The van der Waals surface area contributed by atoms with E-state index in [-0.39, 0.29) is 11.6 Å². The normalized spacial score (nSPS) is 10.2. The lowest BCUT2D eigenvalue weighted by Gasteiger charge is -1.96. The second-order valence-electron chi connectivity index (χ2n) is 2.91. The van der Waals surface area contributed by atoms with Gasteiger partial charge in [-0.3, -0.25) is 4.79 Å².